The molecule has 0 atom stereocenters. The van der Waals surface area contributed by atoms with Gasteiger partial charge in [-0.1, -0.05) is 0 Å². The predicted molar refractivity (Wildman–Crippen MR) is 101 cm³/mol. The van der Waals surface area contributed by atoms with Crippen molar-refractivity contribution in [2.24, 2.45) is 0 Å². The second-order valence-electron chi connectivity index (χ2n) is 6.30. The summed E-state index contributed by atoms with van der Waals surface area (Å²) in [4.78, 5) is 23.9. The normalized spacial score (nSPS) is 10.4. The van der Waals surface area contributed by atoms with Gasteiger partial charge in [0.05, 0.1) is 0 Å². The summed E-state index contributed by atoms with van der Waals surface area (Å²) in [6, 6.07) is 9.55. The molecule has 0 unspecified atom stereocenters. The summed E-state index contributed by atoms with van der Waals surface area (Å²) in [6.07, 6.45) is 1.85. The Kier molecular flexibility index (Phi) is 6.60. The van der Waals surface area contributed by atoms with Crippen LogP contribution in [0, 0.1) is 13.8 Å². The lowest BCUT2D eigenvalue weighted by molar-refractivity contribution is -0.118. The summed E-state index contributed by atoms with van der Waals surface area (Å²) in [7, 11) is 0. The van der Waals surface area contributed by atoms with Gasteiger partial charge in [-0.25, -0.2) is 0 Å². The molecule has 0 fully saturated rings. The third-order valence-electron chi connectivity index (χ3n) is 4.03. The molecule has 0 spiro atoms. The third-order valence-corrected chi connectivity index (χ3v) is 4.03. The van der Waals surface area contributed by atoms with E-state index >= 15 is 0 Å². The van der Waals surface area contributed by atoms with Crippen LogP contribution in [0.5, 0.6) is 11.5 Å². The van der Waals surface area contributed by atoms with Crippen molar-refractivity contribution in [2.75, 3.05) is 10.6 Å². The molecule has 4 N–H and O–H groups in total. The number of phenolic OH excluding ortho intramolecular Hbond substituents is 2. The number of anilines is 2. The maximum atomic E-state index is 12.0. The van der Waals surface area contributed by atoms with Crippen molar-refractivity contribution in [1.82, 2.24) is 0 Å². The molecule has 0 aliphatic carbocycles. The highest BCUT2D eigenvalue weighted by Gasteiger charge is 2.08. The number of hydrogen-bond donors (Lipinski definition) is 4. The second-order valence-corrected chi connectivity index (χ2v) is 6.30. The van der Waals surface area contributed by atoms with Crippen LogP contribution in [0.1, 0.15) is 36.8 Å². The molecule has 0 aliphatic rings. The van der Waals surface area contributed by atoms with Gasteiger partial charge in [0.2, 0.25) is 11.8 Å². The van der Waals surface area contributed by atoms with Crippen LogP contribution in [0.25, 0.3) is 0 Å². The van der Waals surface area contributed by atoms with Gasteiger partial charge in [0.15, 0.2) is 0 Å². The molecule has 2 amide bonds. The third kappa shape index (κ3) is 5.81. The summed E-state index contributed by atoms with van der Waals surface area (Å²) >= 11 is 0. The van der Waals surface area contributed by atoms with Gasteiger partial charge in [0.25, 0.3) is 0 Å². The van der Waals surface area contributed by atoms with Crippen molar-refractivity contribution in [1.29, 1.82) is 0 Å². The number of hydrogen-bond acceptors (Lipinski definition) is 4. The summed E-state index contributed by atoms with van der Waals surface area (Å²) in [5.41, 5.74) is 2.94. The summed E-state index contributed by atoms with van der Waals surface area (Å²) in [6.45, 7) is 3.62. The molecular formula is C20H24N2O4. The van der Waals surface area contributed by atoms with Crippen molar-refractivity contribution in [3.8, 4) is 11.5 Å². The average Bonchev–Trinajstić information content (AvgIpc) is 2.57. The van der Waals surface area contributed by atoms with E-state index in [0.717, 1.165) is 11.1 Å². The fourth-order valence-corrected chi connectivity index (χ4v) is 2.57. The predicted octanol–water partition coefficient (Wildman–Crippen LogP) is 3.85. The molecule has 0 radical (unpaired) electrons. The summed E-state index contributed by atoms with van der Waals surface area (Å²) < 4.78 is 0. The number of aromatic hydroxyl groups is 2. The molecule has 2 rings (SSSR count). The zero-order chi connectivity index (χ0) is 19.1. The van der Waals surface area contributed by atoms with E-state index < -0.39 is 0 Å². The minimum atomic E-state index is -0.117. The first-order chi connectivity index (χ1) is 12.3. The van der Waals surface area contributed by atoms with Crippen LogP contribution >= 0.6 is 0 Å². The van der Waals surface area contributed by atoms with E-state index in [9.17, 15) is 19.8 Å². The molecule has 26 heavy (non-hydrogen) atoms. The molecule has 138 valence electrons. The molecule has 0 heterocycles. The number of carbonyl (C=O) groups excluding carboxylic acids is 2. The number of rotatable bonds is 7. The number of nitrogens with one attached hydrogen (secondary N) is 2. The monoisotopic (exact) mass is 356 g/mol. The van der Waals surface area contributed by atoms with Gasteiger partial charge in [-0.05, 0) is 74.2 Å². The number of amides is 2. The van der Waals surface area contributed by atoms with Crippen molar-refractivity contribution in [3.63, 3.8) is 0 Å². The maximum Gasteiger partial charge on any atom is 0.224 e. The van der Waals surface area contributed by atoms with Crippen molar-refractivity contribution in [3.05, 3.63) is 47.5 Å². The largest absolute Gasteiger partial charge is 0.508 e. The van der Waals surface area contributed by atoms with E-state index in [1.54, 1.807) is 24.3 Å². The molecule has 0 saturated carbocycles. The van der Waals surface area contributed by atoms with Crippen LogP contribution < -0.4 is 10.6 Å². The molecule has 2 aromatic carbocycles. The lowest BCUT2D eigenvalue weighted by Crippen LogP contribution is -2.14. The number of unbranched alkanes of at least 4 members (excludes halogenated alkanes) is 1. The van der Waals surface area contributed by atoms with Gasteiger partial charge < -0.3 is 20.8 Å². The number of benzene rings is 2. The first-order valence-corrected chi connectivity index (χ1v) is 8.54. The van der Waals surface area contributed by atoms with Gasteiger partial charge in [-0.15, -0.1) is 0 Å². The Labute approximate surface area is 152 Å². The van der Waals surface area contributed by atoms with Crippen LogP contribution in [0.2, 0.25) is 0 Å². The minimum Gasteiger partial charge on any atom is -0.508 e. The molecule has 0 aliphatic heterocycles. The molecule has 0 saturated heterocycles. The van der Waals surface area contributed by atoms with Gasteiger partial charge in [0, 0.05) is 24.2 Å². The first-order valence-electron chi connectivity index (χ1n) is 8.54. The van der Waals surface area contributed by atoms with Gasteiger partial charge in [0.1, 0.15) is 11.5 Å². The topological polar surface area (TPSA) is 98.7 Å². The van der Waals surface area contributed by atoms with E-state index in [2.05, 4.69) is 10.6 Å². The summed E-state index contributed by atoms with van der Waals surface area (Å²) in [5.74, 6) is 0.0907. The van der Waals surface area contributed by atoms with Crippen LogP contribution in [0.15, 0.2) is 36.4 Å². The Morgan fingerprint density at radius 2 is 1.15 bits per heavy atom. The summed E-state index contributed by atoms with van der Waals surface area (Å²) in [5, 5.41) is 24.3. The highest BCUT2D eigenvalue weighted by molar-refractivity contribution is 5.92. The van der Waals surface area contributed by atoms with Crippen LogP contribution in [-0.2, 0) is 9.59 Å². The van der Waals surface area contributed by atoms with Gasteiger partial charge in [-0.3, -0.25) is 9.59 Å². The molecule has 6 nitrogen and oxygen atoms in total. The lowest BCUT2D eigenvalue weighted by Gasteiger charge is -2.10. The Morgan fingerprint density at radius 1 is 0.769 bits per heavy atom. The van der Waals surface area contributed by atoms with Crippen LogP contribution in [-0.4, -0.2) is 22.0 Å². The Morgan fingerprint density at radius 3 is 1.50 bits per heavy atom. The number of carbonyl (C=O) groups is 2. The molecule has 2 aromatic rings. The zero-order valence-electron chi connectivity index (χ0n) is 15.0. The van der Waals surface area contributed by atoms with E-state index in [-0.39, 0.29) is 23.3 Å². The Balaban J connectivity index is 1.70. The van der Waals surface area contributed by atoms with E-state index in [4.69, 9.17) is 0 Å². The van der Waals surface area contributed by atoms with Crippen LogP contribution in [0.3, 0.4) is 0 Å². The highest BCUT2D eigenvalue weighted by atomic mass is 16.3. The Hall–Kier alpha value is -3.02. The number of aryl methyl sites for hydroxylation is 2. The van der Waals surface area contributed by atoms with E-state index in [1.165, 1.54) is 12.1 Å². The lowest BCUT2D eigenvalue weighted by atomic mass is 10.1. The average molecular weight is 356 g/mol. The number of phenols is 2. The quantitative estimate of drug-likeness (QED) is 0.447. The fourth-order valence-electron chi connectivity index (χ4n) is 2.57. The first kappa shape index (κ1) is 19.3. The zero-order valence-corrected chi connectivity index (χ0v) is 15.0. The second kappa shape index (κ2) is 8.89. The van der Waals surface area contributed by atoms with E-state index in [1.807, 2.05) is 13.8 Å². The molecular weight excluding hydrogens is 332 g/mol. The van der Waals surface area contributed by atoms with Crippen molar-refractivity contribution in [2.45, 2.75) is 39.5 Å². The van der Waals surface area contributed by atoms with Crippen molar-refractivity contribution < 1.29 is 19.8 Å². The minimum absolute atomic E-state index is 0.117. The van der Waals surface area contributed by atoms with Gasteiger partial charge >= 0.3 is 0 Å². The van der Waals surface area contributed by atoms with E-state index in [0.29, 0.717) is 37.1 Å². The Bertz CT molecular complexity index is 735. The SMILES string of the molecule is Cc1cc(O)ccc1NC(=O)CCCCC(=O)Nc1ccc(O)cc1C. The standard InChI is InChI=1S/C20H24N2O4/c1-13-11-15(23)7-9-17(13)21-19(25)5-3-4-6-20(26)22-18-10-8-16(24)12-14(18)2/h7-12,23-24H,3-6H2,1-2H3,(H,21,25)(H,22,26). The van der Waals surface area contributed by atoms with Crippen LogP contribution in [0.4, 0.5) is 11.4 Å². The molecule has 6 heteroatoms. The van der Waals surface area contributed by atoms with Crippen molar-refractivity contribution >= 4 is 23.2 Å². The smallest absolute Gasteiger partial charge is 0.224 e. The maximum absolute atomic E-state index is 12.0. The molecule has 0 bridgehead atoms. The highest BCUT2D eigenvalue weighted by Crippen LogP contribution is 2.21. The molecule has 0 aromatic heterocycles. The van der Waals surface area contributed by atoms with Gasteiger partial charge in [-0.2, -0.15) is 0 Å². The fraction of sp³-hybridized carbons (Fsp3) is 0.300.